The van der Waals surface area contributed by atoms with Crippen molar-refractivity contribution in [1.82, 2.24) is 9.97 Å². The van der Waals surface area contributed by atoms with Crippen LogP contribution in [0.1, 0.15) is 0 Å². The molecule has 0 bridgehead atoms. The van der Waals surface area contributed by atoms with Crippen LogP contribution >= 0.6 is 23.5 Å². The zero-order chi connectivity index (χ0) is 20.1. The van der Waals surface area contributed by atoms with Gasteiger partial charge in [0.2, 0.25) is 5.91 Å². The van der Waals surface area contributed by atoms with E-state index >= 15 is 0 Å². The van der Waals surface area contributed by atoms with Crippen LogP contribution in [0.3, 0.4) is 0 Å². The molecule has 1 heterocycles. The molecule has 0 saturated heterocycles. The molecule has 4 rings (SSSR count). The van der Waals surface area contributed by atoms with Crippen LogP contribution < -0.4 is 10.9 Å². The third kappa shape index (κ3) is 4.88. The van der Waals surface area contributed by atoms with Crippen molar-refractivity contribution >= 4 is 46.0 Å². The van der Waals surface area contributed by atoms with Gasteiger partial charge < -0.3 is 10.3 Å². The number of aromatic amines is 1. The molecule has 0 unspecified atom stereocenters. The summed E-state index contributed by atoms with van der Waals surface area (Å²) in [5.74, 6) is -0.0158. The number of rotatable bonds is 6. The van der Waals surface area contributed by atoms with Gasteiger partial charge >= 0.3 is 0 Å². The van der Waals surface area contributed by atoms with E-state index in [9.17, 15) is 9.59 Å². The minimum Gasteiger partial charge on any atom is -0.324 e. The Kier molecular flexibility index (Phi) is 5.97. The van der Waals surface area contributed by atoms with E-state index in [-0.39, 0.29) is 17.2 Å². The lowest BCUT2D eigenvalue weighted by Gasteiger charge is -2.10. The molecule has 29 heavy (non-hydrogen) atoms. The number of hydrogen-bond acceptors (Lipinski definition) is 5. The second-order valence-corrected chi connectivity index (χ2v) is 8.22. The first-order valence-corrected chi connectivity index (χ1v) is 10.7. The van der Waals surface area contributed by atoms with Gasteiger partial charge in [-0.25, -0.2) is 4.98 Å². The summed E-state index contributed by atoms with van der Waals surface area (Å²) in [5, 5.41) is 3.91. The molecule has 3 aromatic carbocycles. The molecule has 5 nitrogen and oxygen atoms in total. The molecular formula is C22H17N3O2S2. The number of nitrogens with one attached hydrogen (secondary N) is 2. The molecule has 0 saturated carbocycles. The fourth-order valence-electron chi connectivity index (χ4n) is 2.73. The summed E-state index contributed by atoms with van der Waals surface area (Å²) < 4.78 is 0. The second-order valence-electron chi connectivity index (χ2n) is 6.14. The summed E-state index contributed by atoms with van der Waals surface area (Å²) in [6.07, 6.45) is 0. The van der Waals surface area contributed by atoms with Crippen molar-refractivity contribution in [2.75, 3.05) is 11.1 Å². The lowest BCUT2D eigenvalue weighted by Crippen LogP contribution is -2.16. The predicted molar refractivity (Wildman–Crippen MR) is 119 cm³/mol. The van der Waals surface area contributed by atoms with Crippen LogP contribution in [0.2, 0.25) is 0 Å². The quantitative estimate of drug-likeness (QED) is 0.347. The lowest BCUT2D eigenvalue weighted by atomic mass is 10.2. The van der Waals surface area contributed by atoms with Crippen LogP contribution in [0.15, 0.2) is 98.6 Å². The molecule has 7 heteroatoms. The van der Waals surface area contributed by atoms with Gasteiger partial charge in [-0.3, -0.25) is 9.59 Å². The van der Waals surface area contributed by atoms with Crippen LogP contribution in [0, 0.1) is 0 Å². The van der Waals surface area contributed by atoms with Crippen LogP contribution in [-0.2, 0) is 4.79 Å². The van der Waals surface area contributed by atoms with Gasteiger partial charge in [0.25, 0.3) is 5.56 Å². The monoisotopic (exact) mass is 419 g/mol. The highest BCUT2D eigenvalue weighted by molar-refractivity contribution is 8.00. The van der Waals surface area contributed by atoms with Gasteiger partial charge in [0.05, 0.1) is 22.3 Å². The van der Waals surface area contributed by atoms with Crippen molar-refractivity contribution in [2.24, 2.45) is 0 Å². The van der Waals surface area contributed by atoms with Crippen molar-refractivity contribution in [3.8, 4) is 0 Å². The Labute approximate surface area is 176 Å². The highest BCUT2D eigenvalue weighted by Crippen LogP contribution is 2.33. The molecule has 0 aliphatic carbocycles. The van der Waals surface area contributed by atoms with Crippen molar-refractivity contribution in [1.29, 1.82) is 0 Å². The summed E-state index contributed by atoms with van der Waals surface area (Å²) in [7, 11) is 0. The maximum absolute atomic E-state index is 12.5. The highest BCUT2D eigenvalue weighted by atomic mass is 32.2. The topological polar surface area (TPSA) is 74.8 Å². The van der Waals surface area contributed by atoms with Crippen LogP contribution in [0.5, 0.6) is 0 Å². The molecule has 0 atom stereocenters. The summed E-state index contributed by atoms with van der Waals surface area (Å²) >= 11 is 2.79. The van der Waals surface area contributed by atoms with Gasteiger partial charge in [-0.15, -0.1) is 0 Å². The van der Waals surface area contributed by atoms with Crippen molar-refractivity contribution in [3.63, 3.8) is 0 Å². The number of carbonyl (C=O) groups excluding carboxylic acids is 1. The van der Waals surface area contributed by atoms with Gasteiger partial charge in [0.15, 0.2) is 5.16 Å². The number of thioether (sulfide) groups is 1. The Bertz CT molecular complexity index is 1210. The first kappa shape index (κ1) is 19.3. The first-order valence-electron chi connectivity index (χ1n) is 8.93. The van der Waals surface area contributed by atoms with Crippen molar-refractivity contribution in [2.45, 2.75) is 14.9 Å². The molecule has 0 radical (unpaired) electrons. The van der Waals surface area contributed by atoms with Gasteiger partial charge in [-0.05, 0) is 36.4 Å². The van der Waals surface area contributed by atoms with E-state index in [0.29, 0.717) is 16.1 Å². The van der Waals surface area contributed by atoms with E-state index in [1.165, 1.54) is 11.8 Å². The average Bonchev–Trinajstić information content (AvgIpc) is 2.74. The number of para-hydroxylation sites is 2. The Morgan fingerprint density at radius 1 is 0.931 bits per heavy atom. The second kappa shape index (κ2) is 8.98. The summed E-state index contributed by atoms with van der Waals surface area (Å²) in [4.78, 5) is 33.8. The zero-order valence-electron chi connectivity index (χ0n) is 15.3. The Morgan fingerprint density at radius 2 is 1.66 bits per heavy atom. The van der Waals surface area contributed by atoms with E-state index < -0.39 is 0 Å². The number of hydrogen-bond donors (Lipinski definition) is 2. The Hall–Kier alpha value is -3.03. The summed E-state index contributed by atoms with van der Waals surface area (Å²) in [6, 6.07) is 24.8. The lowest BCUT2D eigenvalue weighted by molar-refractivity contribution is -0.113. The number of carbonyl (C=O) groups is 1. The number of fused-ring (bicyclic) bond motifs is 1. The largest absolute Gasteiger partial charge is 0.324 e. The third-order valence-corrected chi connectivity index (χ3v) is 6.02. The number of H-pyrrole nitrogens is 1. The number of amides is 1. The minimum atomic E-state index is -0.205. The number of anilines is 1. The molecule has 1 amide bonds. The molecule has 0 aliphatic heterocycles. The SMILES string of the molecule is O=C(CSc1nc2ccccc2c(=O)[nH]1)Nc1ccccc1Sc1ccccc1. The third-order valence-electron chi connectivity index (χ3n) is 4.06. The maximum Gasteiger partial charge on any atom is 0.259 e. The Morgan fingerprint density at radius 3 is 2.52 bits per heavy atom. The maximum atomic E-state index is 12.5. The highest BCUT2D eigenvalue weighted by Gasteiger charge is 2.10. The zero-order valence-corrected chi connectivity index (χ0v) is 16.9. The van der Waals surface area contributed by atoms with E-state index in [1.807, 2.05) is 60.7 Å². The number of aromatic nitrogens is 2. The van der Waals surface area contributed by atoms with Gasteiger partial charge in [-0.1, -0.05) is 66.0 Å². The fourth-order valence-corrected chi connectivity index (χ4v) is 4.32. The predicted octanol–water partition coefficient (Wildman–Crippen LogP) is 4.81. The van der Waals surface area contributed by atoms with E-state index in [2.05, 4.69) is 15.3 Å². The molecule has 144 valence electrons. The molecular weight excluding hydrogens is 402 g/mol. The van der Waals surface area contributed by atoms with Crippen LogP contribution in [-0.4, -0.2) is 21.6 Å². The molecule has 2 N–H and O–H groups in total. The number of nitrogens with zero attached hydrogens (tertiary/aromatic N) is 1. The fraction of sp³-hybridized carbons (Fsp3) is 0.0455. The van der Waals surface area contributed by atoms with E-state index in [4.69, 9.17) is 0 Å². The van der Waals surface area contributed by atoms with Gasteiger partial charge in [0.1, 0.15) is 0 Å². The minimum absolute atomic E-state index is 0.144. The number of benzene rings is 3. The molecule has 0 fully saturated rings. The smallest absolute Gasteiger partial charge is 0.259 e. The van der Waals surface area contributed by atoms with Crippen molar-refractivity contribution in [3.05, 3.63) is 89.2 Å². The van der Waals surface area contributed by atoms with Gasteiger partial charge in [-0.2, -0.15) is 0 Å². The van der Waals surface area contributed by atoms with Gasteiger partial charge in [0, 0.05) is 9.79 Å². The Balaban J connectivity index is 1.44. The molecule has 4 aromatic rings. The molecule has 0 spiro atoms. The summed E-state index contributed by atoms with van der Waals surface area (Å²) in [6.45, 7) is 0. The summed E-state index contributed by atoms with van der Waals surface area (Å²) in [5.41, 5.74) is 1.17. The van der Waals surface area contributed by atoms with Crippen molar-refractivity contribution < 1.29 is 4.79 Å². The average molecular weight is 420 g/mol. The van der Waals surface area contributed by atoms with E-state index in [1.54, 1.807) is 30.0 Å². The normalized spacial score (nSPS) is 10.8. The van der Waals surface area contributed by atoms with E-state index in [0.717, 1.165) is 15.5 Å². The standard InChI is InChI=1S/C22H17N3O2S2/c26-20(14-28-22-24-17-11-5-4-10-16(17)21(27)25-22)23-18-12-6-7-13-19(18)29-15-8-2-1-3-9-15/h1-13H,14H2,(H,23,26)(H,24,25,27). The first-order chi connectivity index (χ1) is 14.2. The molecule has 1 aromatic heterocycles. The van der Waals surface area contributed by atoms with Crippen LogP contribution in [0.25, 0.3) is 10.9 Å². The molecule has 0 aliphatic rings. The van der Waals surface area contributed by atoms with Crippen LogP contribution in [0.4, 0.5) is 5.69 Å².